The number of nitrogens with zero attached hydrogens (tertiary/aromatic N) is 1. The summed E-state index contributed by atoms with van der Waals surface area (Å²) < 4.78 is 0. The second-order valence-corrected chi connectivity index (χ2v) is 5.06. The van der Waals surface area contributed by atoms with Crippen LogP contribution in [0, 0.1) is 0 Å². The van der Waals surface area contributed by atoms with Crippen LogP contribution in [0.1, 0.15) is 32.6 Å². The van der Waals surface area contributed by atoms with E-state index in [0.29, 0.717) is 6.04 Å². The topological polar surface area (TPSA) is 44.4 Å². The van der Waals surface area contributed by atoms with Crippen LogP contribution in [0.4, 0.5) is 0 Å². The maximum atomic E-state index is 10.8. The number of nitrogens with one attached hydrogen (secondary N) is 2. The summed E-state index contributed by atoms with van der Waals surface area (Å²) in [5, 5.41) is 6.55. The molecule has 1 amide bonds. The molecule has 16 heavy (non-hydrogen) atoms. The maximum absolute atomic E-state index is 10.8. The smallest absolute Gasteiger partial charge is 0.216 e. The lowest BCUT2D eigenvalue weighted by Crippen LogP contribution is -2.48. The van der Waals surface area contributed by atoms with Gasteiger partial charge in [0.1, 0.15) is 0 Å². The van der Waals surface area contributed by atoms with E-state index in [1.807, 2.05) is 0 Å². The first-order valence-corrected chi connectivity index (χ1v) is 6.47. The van der Waals surface area contributed by atoms with Crippen LogP contribution in [-0.2, 0) is 4.79 Å². The van der Waals surface area contributed by atoms with Crippen molar-refractivity contribution in [1.29, 1.82) is 0 Å². The summed E-state index contributed by atoms with van der Waals surface area (Å²) in [5.74, 6) is 0.0738. The zero-order valence-electron chi connectivity index (χ0n) is 10.2. The Kier molecular flexibility index (Phi) is 4.18. The quantitative estimate of drug-likeness (QED) is 0.709. The highest BCUT2D eigenvalue weighted by Crippen LogP contribution is 2.21. The van der Waals surface area contributed by atoms with Crippen LogP contribution in [0.3, 0.4) is 0 Å². The normalized spacial score (nSPS) is 26.7. The number of carbonyl (C=O) groups is 1. The van der Waals surface area contributed by atoms with E-state index in [1.54, 1.807) is 6.92 Å². The van der Waals surface area contributed by atoms with E-state index >= 15 is 0 Å². The van der Waals surface area contributed by atoms with E-state index in [9.17, 15) is 4.79 Å². The van der Waals surface area contributed by atoms with Gasteiger partial charge in [-0.2, -0.15) is 0 Å². The van der Waals surface area contributed by atoms with Gasteiger partial charge in [-0.3, -0.25) is 4.79 Å². The number of likely N-dealkylation sites (tertiary alicyclic amines) is 1. The van der Waals surface area contributed by atoms with Gasteiger partial charge in [0, 0.05) is 38.6 Å². The van der Waals surface area contributed by atoms with Gasteiger partial charge >= 0.3 is 0 Å². The van der Waals surface area contributed by atoms with Crippen molar-refractivity contribution in [3.63, 3.8) is 0 Å². The number of piperidine rings is 1. The van der Waals surface area contributed by atoms with Crippen molar-refractivity contribution in [2.45, 2.75) is 44.7 Å². The lowest BCUT2D eigenvalue weighted by molar-refractivity contribution is -0.119. The first kappa shape index (κ1) is 11.9. The summed E-state index contributed by atoms with van der Waals surface area (Å²) in [6, 6.07) is 1.49. The molecule has 0 spiro atoms. The second-order valence-electron chi connectivity index (χ2n) is 5.06. The molecule has 4 nitrogen and oxygen atoms in total. The van der Waals surface area contributed by atoms with Gasteiger partial charge in [0.2, 0.25) is 5.91 Å². The van der Waals surface area contributed by atoms with Crippen LogP contribution in [0.2, 0.25) is 0 Å². The molecule has 1 atom stereocenters. The highest BCUT2D eigenvalue weighted by molar-refractivity contribution is 5.72. The summed E-state index contributed by atoms with van der Waals surface area (Å²) in [4.78, 5) is 13.2. The Morgan fingerprint density at radius 1 is 1.31 bits per heavy atom. The summed E-state index contributed by atoms with van der Waals surface area (Å²) in [6.07, 6.45) is 5.32. The maximum Gasteiger partial charge on any atom is 0.216 e. The summed E-state index contributed by atoms with van der Waals surface area (Å²) >= 11 is 0. The molecule has 2 fully saturated rings. The Morgan fingerprint density at radius 3 is 2.81 bits per heavy atom. The predicted octanol–water partition coefficient (Wildman–Crippen LogP) is 0.339. The summed E-state index contributed by atoms with van der Waals surface area (Å²) in [7, 11) is 0. The standard InChI is InChI=1S/C12H23N3O/c1-10(16)13-6-8-15-7-2-3-12(9-15)14-11-4-5-11/h11-12,14H,2-9H2,1H3,(H,13,16). The molecule has 1 heterocycles. The van der Waals surface area contributed by atoms with Gasteiger partial charge in [0.25, 0.3) is 0 Å². The number of rotatable bonds is 5. The van der Waals surface area contributed by atoms with Gasteiger partial charge in [-0.05, 0) is 32.2 Å². The van der Waals surface area contributed by atoms with E-state index in [4.69, 9.17) is 0 Å². The molecule has 1 aliphatic heterocycles. The Labute approximate surface area is 97.8 Å². The molecular weight excluding hydrogens is 202 g/mol. The van der Waals surface area contributed by atoms with E-state index in [2.05, 4.69) is 15.5 Å². The van der Waals surface area contributed by atoms with Crippen molar-refractivity contribution < 1.29 is 4.79 Å². The minimum atomic E-state index is 0.0738. The fourth-order valence-electron chi connectivity index (χ4n) is 2.37. The van der Waals surface area contributed by atoms with Crippen LogP contribution in [0.15, 0.2) is 0 Å². The molecule has 2 N–H and O–H groups in total. The monoisotopic (exact) mass is 225 g/mol. The Hall–Kier alpha value is -0.610. The van der Waals surface area contributed by atoms with E-state index in [0.717, 1.165) is 25.7 Å². The third-order valence-corrected chi connectivity index (χ3v) is 3.36. The van der Waals surface area contributed by atoms with Crippen LogP contribution in [0.5, 0.6) is 0 Å². The van der Waals surface area contributed by atoms with Crippen molar-refractivity contribution in [3.8, 4) is 0 Å². The first-order chi connectivity index (χ1) is 7.74. The highest BCUT2D eigenvalue weighted by Gasteiger charge is 2.27. The van der Waals surface area contributed by atoms with Gasteiger partial charge in [0.05, 0.1) is 0 Å². The number of hydrogen-bond donors (Lipinski definition) is 2. The molecule has 0 aromatic carbocycles. The molecule has 1 unspecified atom stereocenters. The summed E-state index contributed by atoms with van der Waals surface area (Å²) in [6.45, 7) is 5.68. The fraction of sp³-hybridized carbons (Fsp3) is 0.917. The molecule has 0 bridgehead atoms. The van der Waals surface area contributed by atoms with Gasteiger partial charge in [0.15, 0.2) is 0 Å². The Bertz CT molecular complexity index is 240. The van der Waals surface area contributed by atoms with Crippen LogP contribution >= 0.6 is 0 Å². The minimum Gasteiger partial charge on any atom is -0.355 e. The van der Waals surface area contributed by atoms with E-state index < -0.39 is 0 Å². The van der Waals surface area contributed by atoms with Gasteiger partial charge in [-0.25, -0.2) is 0 Å². The predicted molar refractivity (Wildman–Crippen MR) is 64.3 cm³/mol. The number of amides is 1. The van der Waals surface area contributed by atoms with Crippen LogP contribution in [-0.4, -0.2) is 49.1 Å². The van der Waals surface area contributed by atoms with Gasteiger partial charge < -0.3 is 15.5 Å². The number of carbonyl (C=O) groups excluding carboxylic acids is 1. The molecule has 1 saturated heterocycles. The summed E-state index contributed by atoms with van der Waals surface area (Å²) in [5.41, 5.74) is 0. The van der Waals surface area contributed by atoms with E-state index in [-0.39, 0.29) is 5.91 Å². The third kappa shape index (κ3) is 4.10. The SMILES string of the molecule is CC(=O)NCCN1CCCC(NC2CC2)C1. The lowest BCUT2D eigenvalue weighted by Gasteiger charge is -2.33. The molecule has 0 aromatic rings. The van der Waals surface area contributed by atoms with Crippen molar-refractivity contribution in [2.75, 3.05) is 26.2 Å². The second kappa shape index (κ2) is 5.64. The van der Waals surface area contributed by atoms with Crippen LogP contribution in [0.25, 0.3) is 0 Å². The van der Waals surface area contributed by atoms with Crippen molar-refractivity contribution >= 4 is 5.91 Å². The lowest BCUT2D eigenvalue weighted by atomic mass is 10.1. The highest BCUT2D eigenvalue weighted by atomic mass is 16.1. The zero-order chi connectivity index (χ0) is 11.4. The molecular formula is C12H23N3O. The fourth-order valence-corrected chi connectivity index (χ4v) is 2.37. The Balaban J connectivity index is 1.62. The van der Waals surface area contributed by atoms with Gasteiger partial charge in [-0.1, -0.05) is 0 Å². The van der Waals surface area contributed by atoms with Gasteiger partial charge in [-0.15, -0.1) is 0 Å². The first-order valence-electron chi connectivity index (χ1n) is 6.47. The largest absolute Gasteiger partial charge is 0.355 e. The minimum absolute atomic E-state index is 0.0738. The van der Waals surface area contributed by atoms with Crippen molar-refractivity contribution in [3.05, 3.63) is 0 Å². The molecule has 4 heteroatoms. The zero-order valence-corrected chi connectivity index (χ0v) is 10.2. The molecule has 1 aliphatic carbocycles. The molecule has 0 radical (unpaired) electrons. The van der Waals surface area contributed by atoms with Crippen molar-refractivity contribution in [2.24, 2.45) is 0 Å². The molecule has 92 valence electrons. The third-order valence-electron chi connectivity index (χ3n) is 3.36. The molecule has 2 rings (SSSR count). The number of hydrogen-bond acceptors (Lipinski definition) is 3. The van der Waals surface area contributed by atoms with Crippen molar-refractivity contribution in [1.82, 2.24) is 15.5 Å². The average Bonchev–Trinajstić information content (AvgIpc) is 3.02. The molecule has 0 aromatic heterocycles. The Morgan fingerprint density at radius 2 is 2.12 bits per heavy atom. The van der Waals surface area contributed by atoms with Crippen LogP contribution < -0.4 is 10.6 Å². The molecule has 1 saturated carbocycles. The molecule has 2 aliphatic rings. The average molecular weight is 225 g/mol. The van der Waals surface area contributed by atoms with E-state index in [1.165, 1.54) is 32.2 Å².